The molecule has 6 N–H and O–H groups in total. The maximum absolute atomic E-state index is 13.3. The van der Waals surface area contributed by atoms with E-state index in [4.69, 9.17) is 15.2 Å². The van der Waals surface area contributed by atoms with Crippen LogP contribution >= 0.6 is 0 Å². The summed E-state index contributed by atoms with van der Waals surface area (Å²) >= 11 is 0. The molecule has 2 rings (SSSR count). The first-order chi connectivity index (χ1) is 23.7. The van der Waals surface area contributed by atoms with Crippen molar-refractivity contribution in [3.63, 3.8) is 0 Å². The number of hydrogen-bond acceptors (Lipinski definition) is 10. The molecule has 2 aromatic rings. The molecular weight excluding hydrogens is 652 g/mol. The van der Waals surface area contributed by atoms with E-state index < -0.39 is 41.0 Å². The minimum Gasteiger partial charge on any atom is -0.429 e. The lowest BCUT2D eigenvalue weighted by molar-refractivity contribution is -0.384. The van der Waals surface area contributed by atoms with Gasteiger partial charge >= 0.3 is 12.2 Å². The number of carbonyl (C=O) groups excluding carboxylic acids is 6. The molecule has 0 heterocycles. The predicted octanol–water partition coefficient (Wildman–Crippen LogP) is 4.25. The van der Waals surface area contributed by atoms with Gasteiger partial charge in [-0.15, -0.1) is 0 Å². The molecule has 0 saturated heterocycles. The Kier molecular flexibility index (Phi) is 17.4. The molecule has 0 fully saturated rings. The Labute approximate surface area is 290 Å². The van der Waals surface area contributed by atoms with Gasteiger partial charge in [0.1, 0.15) is 30.2 Å². The summed E-state index contributed by atoms with van der Waals surface area (Å²) in [5, 5.41) is 21.4. The second kappa shape index (κ2) is 21.4. The number of unbranched alkanes of at least 4 members (excludes halogenated alkanes) is 3. The lowest BCUT2D eigenvalue weighted by Crippen LogP contribution is -2.54. The first-order valence-corrected chi connectivity index (χ1v) is 16.4. The van der Waals surface area contributed by atoms with Crippen LogP contribution in [0.15, 0.2) is 48.5 Å². The summed E-state index contributed by atoms with van der Waals surface area (Å²) in [6.07, 6.45) is 3.20. The molecule has 0 spiro atoms. The van der Waals surface area contributed by atoms with E-state index in [9.17, 15) is 38.9 Å². The SMILES string of the molecule is CC(=O)CCCCCCC(=O)NC(C(=O)NC(CCCNC(N)=O)C(=O)Nc1ccc(COC(=O)Oc2ccc([N+](=O)[O-])cc2)cc1)C(C)C. The molecule has 0 aliphatic carbocycles. The number of rotatable bonds is 21. The number of nitrogens with two attached hydrogens (primary N) is 1. The maximum Gasteiger partial charge on any atom is 0.514 e. The zero-order valence-corrected chi connectivity index (χ0v) is 28.5. The number of hydrogen-bond donors (Lipinski definition) is 5. The maximum atomic E-state index is 13.3. The third kappa shape index (κ3) is 16.0. The fourth-order valence-corrected chi connectivity index (χ4v) is 4.66. The molecule has 16 nitrogen and oxygen atoms in total. The summed E-state index contributed by atoms with van der Waals surface area (Å²) in [6, 6.07) is 8.63. The molecule has 2 aromatic carbocycles. The highest BCUT2D eigenvalue weighted by Crippen LogP contribution is 2.18. The fraction of sp³-hybridized carbons (Fsp3) is 0.471. The van der Waals surface area contributed by atoms with Crippen LogP contribution in [0.1, 0.15) is 77.7 Å². The van der Waals surface area contributed by atoms with Crippen molar-refractivity contribution in [3.05, 3.63) is 64.2 Å². The number of nitro groups is 1. The van der Waals surface area contributed by atoms with Crippen molar-refractivity contribution in [2.45, 2.75) is 90.8 Å². The summed E-state index contributed by atoms with van der Waals surface area (Å²) < 4.78 is 10.1. The van der Waals surface area contributed by atoms with Gasteiger partial charge in [-0.2, -0.15) is 0 Å². The van der Waals surface area contributed by atoms with Crippen molar-refractivity contribution >= 4 is 47.1 Å². The van der Waals surface area contributed by atoms with Crippen molar-refractivity contribution in [2.75, 3.05) is 11.9 Å². The number of ether oxygens (including phenoxy) is 2. The number of primary amides is 1. The summed E-state index contributed by atoms with van der Waals surface area (Å²) in [7, 11) is 0. The molecule has 0 aliphatic rings. The van der Waals surface area contributed by atoms with Crippen LogP contribution < -0.4 is 31.7 Å². The Morgan fingerprint density at radius 2 is 1.48 bits per heavy atom. The smallest absolute Gasteiger partial charge is 0.429 e. The van der Waals surface area contributed by atoms with E-state index in [0.29, 0.717) is 30.5 Å². The van der Waals surface area contributed by atoms with E-state index in [1.165, 1.54) is 24.3 Å². The van der Waals surface area contributed by atoms with Gasteiger partial charge in [-0.05, 0) is 68.4 Å². The number of nitrogens with one attached hydrogen (secondary N) is 4. The minimum atomic E-state index is -1.02. The average Bonchev–Trinajstić information content (AvgIpc) is 3.06. The molecule has 0 aliphatic heterocycles. The number of carbonyl (C=O) groups is 6. The van der Waals surface area contributed by atoms with Crippen LogP contribution in [0, 0.1) is 16.0 Å². The predicted molar refractivity (Wildman–Crippen MR) is 183 cm³/mol. The first-order valence-electron chi connectivity index (χ1n) is 16.4. The lowest BCUT2D eigenvalue weighted by Gasteiger charge is -2.25. The lowest BCUT2D eigenvalue weighted by atomic mass is 10.0. The number of non-ortho nitro benzene ring substituents is 1. The summed E-state index contributed by atoms with van der Waals surface area (Å²) in [5.41, 5.74) is 5.93. The molecule has 0 radical (unpaired) electrons. The molecule has 2 atom stereocenters. The highest BCUT2D eigenvalue weighted by molar-refractivity contribution is 5.98. The number of nitrogens with zero attached hydrogens (tertiary/aromatic N) is 1. The Morgan fingerprint density at radius 1 is 0.840 bits per heavy atom. The third-order valence-electron chi connectivity index (χ3n) is 7.38. The van der Waals surface area contributed by atoms with Gasteiger partial charge in [-0.3, -0.25) is 24.5 Å². The monoisotopic (exact) mass is 698 g/mol. The van der Waals surface area contributed by atoms with Crippen LogP contribution in [-0.2, 0) is 30.5 Å². The Bertz CT molecular complexity index is 1460. The quantitative estimate of drug-likeness (QED) is 0.0408. The molecule has 0 aromatic heterocycles. The van der Waals surface area contributed by atoms with Crippen LogP contribution in [0.5, 0.6) is 5.75 Å². The van der Waals surface area contributed by atoms with Crippen LogP contribution in [0.3, 0.4) is 0 Å². The number of amides is 5. The average molecular weight is 699 g/mol. The van der Waals surface area contributed by atoms with Gasteiger partial charge in [0.15, 0.2) is 0 Å². The zero-order chi connectivity index (χ0) is 37.1. The topological polar surface area (TPSA) is 238 Å². The van der Waals surface area contributed by atoms with Crippen molar-refractivity contribution in [3.8, 4) is 5.75 Å². The molecule has 5 amide bonds. The molecule has 50 heavy (non-hydrogen) atoms. The highest BCUT2D eigenvalue weighted by atomic mass is 16.7. The van der Waals surface area contributed by atoms with Crippen LogP contribution in [0.4, 0.5) is 21.0 Å². The molecule has 16 heteroatoms. The van der Waals surface area contributed by atoms with Crippen LogP contribution in [-0.4, -0.2) is 59.2 Å². The zero-order valence-electron chi connectivity index (χ0n) is 28.5. The second-order valence-electron chi connectivity index (χ2n) is 12.0. The van der Waals surface area contributed by atoms with Gasteiger partial charge in [-0.25, -0.2) is 9.59 Å². The first kappa shape index (κ1) is 40.6. The molecule has 0 saturated carbocycles. The van der Waals surface area contributed by atoms with E-state index in [2.05, 4.69) is 21.3 Å². The van der Waals surface area contributed by atoms with E-state index in [0.717, 1.165) is 19.3 Å². The van der Waals surface area contributed by atoms with Crippen molar-refractivity contribution in [2.24, 2.45) is 11.7 Å². The molecule has 272 valence electrons. The number of Topliss-reactive ketones (excluding diaryl/α,β-unsaturated/α-hetero) is 1. The third-order valence-corrected chi connectivity index (χ3v) is 7.38. The van der Waals surface area contributed by atoms with Gasteiger partial charge < -0.3 is 41.3 Å². The fourth-order valence-electron chi connectivity index (χ4n) is 4.66. The highest BCUT2D eigenvalue weighted by Gasteiger charge is 2.28. The Hall–Kier alpha value is -5.54. The Morgan fingerprint density at radius 3 is 2.06 bits per heavy atom. The van der Waals surface area contributed by atoms with Crippen molar-refractivity contribution < 1.29 is 43.2 Å². The Balaban J connectivity index is 1.96. The molecular formula is C34H46N6O10. The van der Waals surface area contributed by atoms with Gasteiger partial charge in [-0.1, -0.05) is 38.8 Å². The van der Waals surface area contributed by atoms with E-state index in [-0.39, 0.29) is 55.0 Å². The van der Waals surface area contributed by atoms with Gasteiger partial charge in [0, 0.05) is 37.2 Å². The van der Waals surface area contributed by atoms with Crippen LogP contribution in [0.25, 0.3) is 0 Å². The van der Waals surface area contributed by atoms with E-state index in [1.54, 1.807) is 45.0 Å². The standard InChI is InChI=1S/C34H46N6O10/c1-22(2)30(39-29(42)11-7-5-4-6-9-23(3)41)32(44)38-28(10-8-20-36-33(35)45)31(43)37-25-14-12-24(13-15-25)21-49-34(46)50-27-18-16-26(17-19-27)40(47)48/h12-19,22,28,30H,4-11,20-21H2,1-3H3,(H,37,43)(H,38,44)(H,39,42)(H3,35,36,45). The second-order valence-corrected chi connectivity index (χ2v) is 12.0. The van der Waals surface area contributed by atoms with Crippen molar-refractivity contribution in [1.82, 2.24) is 16.0 Å². The normalized spacial score (nSPS) is 11.8. The minimum absolute atomic E-state index is 0.0708. The van der Waals surface area contributed by atoms with Gasteiger partial charge in [0.05, 0.1) is 4.92 Å². The van der Waals surface area contributed by atoms with E-state index >= 15 is 0 Å². The largest absolute Gasteiger partial charge is 0.514 e. The summed E-state index contributed by atoms with van der Waals surface area (Å²) in [4.78, 5) is 83.7. The number of ketones is 1. The van der Waals surface area contributed by atoms with Gasteiger partial charge in [0.25, 0.3) is 5.69 Å². The van der Waals surface area contributed by atoms with Crippen molar-refractivity contribution in [1.29, 1.82) is 0 Å². The number of anilines is 1. The van der Waals surface area contributed by atoms with E-state index in [1.807, 2.05) is 0 Å². The number of nitro benzene ring substituents is 1. The summed E-state index contributed by atoms with van der Waals surface area (Å²) in [5.74, 6) is -1.44. The van der Waals surface area contributed by atoms with Gasteiger partial charge in [0.2, 0.25) is 17.7 Å². The number of benzene rings is 2. The van der Waals surface area contributed by atoms with Crippen LogP contribution in [0.2, 0.25) is 0 Å². The summed E-state index contributed by atoms with van der Waals surface area (Å²) in [6.45, 7) is 5.11. The number of urea groups is 1. The molecule has 0 bridgehead atoms. The molecule has 2 unspecified atom stereocenters.